The summed E-state index contributed by atoms with van der Waals surface area (Å²) < 4.78 is 5.36. The van der Waals surface area contributed by atoms with Crippen molar-refractivity contribution in [2.75, 3.05) is 4.90 Å². The Labute approximate surface area is 132 Å². The normalized spacial score (nSPS) is 12.3. The van der Waals surface area contributed by atoms with Crippen LogP contribution in [0, 0.1) is 12.8 Å². The summed E-state index contributed by atoms with van der Waals surface area (Å²) in [4.78, 5) is 14.1. The molecular weight excluding hydrogens is 284 g/mol. The second-order valence-electron chi connectivity index (χ2n) is 5.72. The van der Waals surface area contributed by atoms with Gasteiger partial charge in [-0.2, -0.15) is 0 Å². The number of thiocarbonyl (C=S) groups is 1. The lowest BCUT2D eigenvalue weighted by Crippen LogP contribution is -2.51. The second-order valence-corrected chi connectivity index (χ2v) is 6.14. The average Bonchev–Trinajstić information content (AvgIpc) is 2.33. The number of ether oxygens (including phenoxy) is 1. The Morgan fingerprint density at radius 1 is 1.29 bits per heavy atom. The maximum absolute atomic E-state index is 12.4. The quantitative estimate of drug-likeness (QED) is 0.669. The number of anilines is 1. The Morgan fingerprint density at radius 3 is 2.33 bits per heavy atom. The Kier molecular flexibility index (Phi) is 6.15. The fraction of sp³-hybridized carbons (Fsp3) is 0.500. The SMILES string of the molecule is Cc1cccc(N(C(N)=S)[C@H](C(=O)OC(C)C)C(C)C)c1. The van der Waals surface area contributed by atoms with Crippen molar-refractivity contribution in [3.63, 3.8) is 0 Å². The van der Waals surface area contributed by atoms with E-state index in [1.165, 1.54) is 0 Å². The van der Waals surface area contributed by atoms with Crippen LogP contribution in [0.15, 0.2) is 24.3 Å². The molecule has 2 N–H and O–H groups in total. The molecule has 0 aliphatic carbocycles. The maximum atomic E-state index is 12.4. The van der Waals surface area contributed by atoms with Gasteiger partial charge in [0.1, 0.15) is 6.04 Å². The Hall–Kier alpha value is -1.62. The summed E-state index contributed by atoms with van der Waals surface area (Å²) in [6, 6.07) is 7.22. The molecule has 0 saturated carbocycles. The minimum absolute atomic E-state index is 0.0123. The predicted octanol–water partition coefficient (Wildman–Crippen LogP) is 3.02. The van der Waals surface area contributed by atoms with E-state index < -0.39 is 6.04 Å². The van der Waals surface area contributed by atoms with Gasteiger partial charge < -0.3 is 15.4 Å². The number of hydrogen-bond donors (Lipinski definition) is 1. The van der Waals surface area contributed by atoms with E-state index in [2.05, 4.69) is 0 Å². The topological polar surface area (TPSA) is 55.6 Å². The molecule has 0 spiro atoms. The molecule has 5 heteroatoms. The fourth-order valence-corrected chi connectivity index (χ4v) is 2.40. The van der Waals surface area contributed by atoms with E-state index in [4.69, 9.17) is 22.7 Å². The third-order valence-electron chi connectivity index (χ3n) is 3.02. The average molecular weight is 308 g/mol. The Bertz CT molecular complexity index is 515. The van der Waals surface area contributed by atoms with Crippen molar-refractivity contribution in [2.45, 2.75) is 46.8 Å². The molecule has 0 amide bonds. The molecule has 0 heterocycles. The molecule has 1 aromatic rings. The van der Waals surface area contributed by atoms with Crippen molar-refractivity contribution in [3.8, 4) is 0 Å². The summed E-state index contributed by atoms with van der Waals surface area (Å²) in [5, 5.41) is 0.167. The van der Waals surface area contributed by atoms with Gasteiger partial charge in [0.2, 0.25) is 0 Å². The van der Waals surface area contributed by atoms with Crippen LogP contribution in [0.1, 0.15) is 33.3 Å². The zero-order chi connectivity index (χ0) is 16.2. The van der Waals surface area contributed by atoms with Crippen LogP contribution in [0.3, 0.4) is 0 Å². The number of carbonyl (C=O) groups excluding carboxylic acids is 1. The zero-order valence-electron chi connectivity index (χ0n) is 13.3. The van der Waals surface area contributed by atoms with E-state index in [1.54, 1.807) is 4.90 Å². The van der Waals surface area contributed by atoms with E-state index in [0.717, 1.165) is 11.3 Å². The molecule has 0 bridgehead atoms. The molecule has 21 heavy (non-hydrogen) atoms. The van der Waals surface area contributed by atoms with Crippen LogP contribution >= 0.6 is 12.2 Å². The zero-order valence-corrected chi connectivity index (χ0v) is 14.1. The van der Waals surface area contributed by atoms with Crippen molar-refractivity contribution in [3.05, 3.63) is 29.8 Å². The smallest absolute Gasteiger partial charge is 0.329 e. The first-order chi connectivity index (χ1) is 9.73. The summed E-state index contributed by atoms with van der Waals surface area (Å²) in [5.74, 6) is -0.299. The van der Waals surface area contributed by atoms with Crippen LogP contribution in [0.2, 0.25) is 0 Å². The first-order valence-electron chi connectivity index (χ1n) is 7.09. The van der Waals surface area contributed by atoms with Gasteiger partial charge in [0.05, 0.1) is 6.10 Å². The molecule has 0 aliphatic heterocycles. The molecule has 0 radical (unpaired) electrons. The van der Waals surface area contributed by atoms with Crippen LogP contribution in [0.5, 0.6) is 0 Å². The second kappa shape index (κ2) is 7.41. The molecular formula is C16H24N2O2S. The van der Waals surface area contributed by atoms with E-state index in [0.29, 0.717) is 0 Å². The summed E-state index contributed by atoms with van der Waals surface area (Å²) in [6.45, 7) is 9.54. The summed E-state index contributed by atoms with van der Waals surface area (Å²) in [5.41, 5.74) is 7.76. The number of rotatable bonds is 5. The predicted molar refractivity (Wildman–Crippen MR) is 90.3 cm³/mol. The Balaban J connectivity index is 3.21. The standard InChI is InChI=1S/C16H24N2O2S/c1-10(2)14(15(19)20-11(3)4)18(16(17)21)13-8-6-7-12(5)9-13/h6-11,14H,1-5H3,(H2,17,21)/t14-/m0/s1. The highest BCUT2D eigenvalue weighted by Crippen LogP contribution is 2.23. The van der Waals surface area contributed by atoms with Gasteiger partial charge in [0.25, 0.3) is 0 Å². The van der Waals surface area contributed by atoms with Gasteiger partial charge in [0, 0.05) is 5.69 Å². The lowest BCUT2D eigenvalue weighted by Gasteiger charge is -2.33. The molecule has 0 fully saturated rings. The van der Waals surface area contributed by atoms with Crippen LogP contribution in [0.25, 0.3) is 0 Å². The molecule has 4 nitrogen and oxygen atoms in total. The number of carbonyl (C=O) groups is 1. The highest BCUT2D eigenvalue weighted by Gasteiger charge is 2.33. The van der Waals surface area contributed by atoms with E-state index in [9.17, 15) is 4.79 Å². The van der Waals surface area contributed by atoms with Crippen molar-refractivity contribution < 1.29 is 9.53 Å². The van der Waals surface area contributed by atoms with Crippen LogP contribution in [0.4, 0.5) is 5.69 Å². The van der Waals surface area contributed by atoms with Crippen molar-refractivity contribution in [1.82, 2.24) is 0 Å². The van der Waals surface area contributed by atoms with E-state index in [-0.39, 0.29) is 23.1 Å². The minimum Gasteiger partial charge on any atom is -0.461 e. The molecule has 1 aromatic carbocycles. The van der Waals surface area contributed by atoms with Crippen LogP contribution in [-0.2, 0) is 9.53 Å². The maximum Gasteiger partial charge on any atom is 0.329 e. The number of nitrogens with two attached hydrogens (primary N) is 1. The van der Waals surface area contributed by atoms with Gasteiger partial charge >= 0.3 is 5.97 Å². The van der Waals surface area contributed by atoms with Crippen molar-refractivity contribution in [1.29, 1.82) is 0 Å². The van der Waals surface area contributed by atoms with E-state index in [1.807, 2.05) is 58.9 Å². The van der Waals surface area contributed by atoms with Gasteiger partial charge in [-0.25, -0.2) is 4.79 Å². The molecule has 116 valence electrons. The monoisotopic (exact) mass is 308 g/mol. The van der Waals surface area contributed by atoms with Gasteiger partial charge in [-0.3, -0.25) is 0 Å². The number of benzene rings is 1. The third kappa shape index (κ3) is 4.70. The molecule has 0 aromatic heterocycles. The van der Waals surface area contributed by atoms with Crippen molar-refractivity contribution in [2.24, 2.45) is 11.7 Å². The fourth-order valence-electron chi connectivity index (χ4n) is 2.18. The first kappa shape index (κ1) is 17.4. The van der Waals surface area contributed by atoms with Crippen LogP contribution < -0.4 is 10.6 Å². The van der Waals surface area contributed by atoms with Crippen LogP contribution in [-0.4, -0.2) is 23.2 Å². The number of aryl methyl sites for hydroxylation is 1. The highest BCUT2D eigenvalue weighted by atomic mass is 32.1. The number of esters is 1. The van der Waals surface area contributed by atoms with Gasteiger partial charge in [0.15, 0.2) is 5.11 Å². The number of nitrogens with zero attached hydrogens (tertiary/aromatic N) is 1. The summed E-state index contributed by atoms with van der Waals surface area (Å²) in [7, 11) is 0. The third-order valence-corrected chi connectivity index (χ3v) is 3.22. The van der Waals surface area contributed by atoms with E-state index >= 15 is 0 Å². The lowest BCUT2D eigenvalue weighted by atomic mass is 10.0. The number of hydrogen-bond acceptors (Lipinski definition) is 3. The summed E-state index contributed by atoms with van der Waals surface area (Å²) >= 11 is 5.17. The van der Waals surface area contributed by atoms with Gasteiger partial charge in [-0.15, -0.1) is 0 Å². The minimum atomic E-state index is -0.535. The Morgan fingerprint density at radius 2 is 1.90 bits per heavy atom. The van der Waals surface area contributed by atoms with Crippen molar-refractivity contribution >= 4 is 29.0 Å². The van der Waals surface area contributed by atoms with Gasteiger partial charge in [-0.1, -0.05) is 26.0 Å². The molecule has 0 saturated heterocycles. The first-order valence-corrected chi connectivity index (χ1v) is 7.50. The molecule has 0 unspecified atom stereocenters. The molecule has 0 aliphatic rings. The molecule has 1 atom stereocenters. The lowest BCUT2D eigenvalue weighted by molar-refractivity contribution is -0.149. The largest absolute Gasteiger partial charge is 0.461 e. The van der Waals surface area contributed by atoms with Gasteiger partial charge in [-0.05, 0) is 56.6 Å². The summed E-state index contributed by atoms with van der Waals surface area (Å²) in [6.07, 6.45) is -0.176. The highest BCUT2D eigenvalue weighted by molar-refractivity contribution is 7.80. The molecule has 1 rings (SSSR count).